The van der Waals surface area contributed by atoms with Gasteiger partial charge in [0.1, 0.15) is 11.5 Å². The van der Waals surface area contributed by atoms with E-state index < -0.39 is 0 Å². The Kier molecular flexibility index (Phi) is 8.01. The number of aromatic nitrogens is 1. The summed E-state index contributed by atoms with van der Waals surface area (Å²) >= 11 is 6.05. The number of nitrogens with zero attached hydrogens (tertiary/aromatic N) is 1. The molecule has 0 aliphatic heterocycles. The first-order valence-electron chi connectivity index (χ1n) is 7.20. The molecule has 1 aromatic heterocycles. The lowest BCUT2D eigenvalue weighted by atomic mass is 10.2. The lowest BCUT2D eigenvalue weighted by Gasteiger charge is -2.12. The number of carbonyl (C=O) groups excluding carboxylic acids is 1. The Morgan fingerprint density at radius 1 is 1.17 bits per heavy atom. The van der Waals surface area contributed by atoms with E-state index in [0.717, 1.165) is 0 Å². The molecular formula is C17H20BrClN2O3. The Labute approximate surface area is 157 Å². The molecular weight excluding hydrogens is 396 g/mol. The van der Waals surface area contributed by atoms with Crippen LogP contribution in [0.1, 0.15) is 12.0 Å². The van der Waals surface area contributed by atoms with Crippen LogP contribution in [0.25, 0.3) is 0 Å². The summed E-state index contributed by atoms with van der Waals surface area (Å²) in [6, 6.07) is 7.28. The third-order valence-electron chi connectivity index (χ3n) is 3.40. The Bertz CT molecular complexity index is 693. The highest BCUT2D eigenvalue weighted by molar-refractivity contribution is 6.32. The second kappa shape index (κ2) is 9.49. The summed E-state index contributed by atoms with van der Waals surface area (Å²) in [6.07, 6.45) is 4.25. The van der Waals surface area contributed by atoms with Crippen LogP contribution in [-0.2, 0) is 11.3 Å². The van der Waals surface area contributed by atoms with Crippen molar-refractivity contribution in [1.82, 2.24) is 0 Å². The Morgan fingerprint density at radius 2 is 1.79 bits per heavy atom. The van der Waals surface area contributed by atoms with Crippen LogP contribution in [0.5, 0.6) is 11.5 Å². The summed E-state index contributed by atoms with van der Waals surface area (Å²) in [7, 11) is 3.04. The van der Waals surface area contributed by atoms with Gasteiger partial charge in [-0.3, -0.25) is 4.79 Å². The Balaban J connectivity index is 0.00000288. The van der Waals surface area contributed by atoms with E-state index in [9.17, 15) is 4.79 Å². The van der Waals surface area contributed by atoms with E-state index in [2.05, 4.69) is 5.32 Å². The fraction of sp³-hybridized carbons (Fsp3) is 0.294. The minimum absolute atomic E-state index is 0. The molecule has 2 aromatic rings. The normalized spacial score (nSPS) is 9.83. The predicted molar refractivity (Wildman–Crippen MR) is 89.2 cm³/mol. The van der Waals surface area contributed by atoms with Crippen LogP contribution >= 0.6 is 11.6 Å². The molecule has 0 fully saturated rings. The molecule has 0 spiro atoms. The van der Waals surface area contributed by atoms with Gasteiger partial charge in [-0.15, -0.1) is 0 Å². The van der Waals surface area contributed by atoms with Crippen LogP contribution in [0, 0.1) is 6.92 Å². The second-order valence-electron chi connectivity index (χ2n) is 5.10. The van der Waals surface area contributed by atoms with E-state index in [1.54, 1.807) is 12.1 Å². The highest BCUT2D eigenvalue weighted by atomic mass is 79.9. The van der Waals surface area contributed by atoms with Crippen LogP contribution in [0.4, 0.5) is 5.69 Å². The highest BCUT2D eigenvalue weighted by Gasteiger charge is 2.13. The zero-order valence-corrected chi connectivity index (χ0v) is 16.1. The molecule has 0 bridgehead atoms. The molecule has 1 amide bonds. The van der Waals surface area contributed by atoms with Gasteiger partial charge in [0.25, 0.3) is 0 Å². The number of aryl methyl sites for hydroxylation is 2. The number of carbonyl (C=O) groups is 1. The molecule has 2 rings (SSSR count). The van der Waals surface area contributed by atoms with Crippen molar-refractivity contribution < 1.29 is 35.8 Å². The van der Waals surface area contributed by atoms with Crippen molar-refractivity contribution in [2.24, 2.45) is 0 Å². The predicted octanol–water partition coefficient (Wildman–Crippen LogP) is -0.0141. The fourth-order valence-corrected chi connectivity index (χ4v) is 2.31. The summed E-state index contributed by atoms with van der Waals surface area (Å²) in [6.45, 7) is 2.62. The van der Waals surface area contributed by atoms with Gasteiger partial charge < -0.3 is 31.8 Å². The van der Waals surface area contributed by atoms with E-state index >= 15 is 0 Å². The summed E-state index contributed by atoms with van der Waals surface area (Å²) in [5.41, 5.74) is 1.72. The Hall–Kier alpha value is -1.79. The maximum Gasteiger partial charge on any atom is 0.230 e. The van der Waals surface area contributed by atoms with E-state index in [-0.39, 0.29) is 22.9 Å². The van der Waals surface area contributed by atoms with Gasteiger partial charge >= 0.3 is 0 Å². The van der Waals surface area contributed by atoms with Gasteiger partial charge in [-0.1, -0.05) is 11.6 Å². The van der Waals surface area contributed by atoms with E-state index in [0.29, 0.717) is 35.2 Å². The molecule has 7 heteroatoms. The van der Waals surface area contributed by atoms with E-state index in [1.807, 2.05) is 36.0 Å². The lowest BCUT2D eigenvalue weighted by molar-refractivity contribution is -0.695. The molecule has 0 atom stereocenters. The van der Waals surface area contributed by atoms with Gasteiger partial charge in [-0.25, -0.2) is 4.57 Å². The van der Waals surface area contributed by atoms with Gasteiger partial charge in [0.05, 0.1) is 31.4 Å². The molecule has 0 saturated carbocycles. The zero-order chi connectivity index (χ0) is 16.8. The van der Waals surface area contributed by atoms with Gasteiger partial charge in [-0.2, -0.15) is 0 Å². The number of anilines is 1. The number of pyridine rings is 1. The lowest BCUT2D eigenvalue weighted by Crippen LogP contribution is -3.00. The van der Waals surface area contributed by atoms with Crippen LogP contribution in [-0.4, -0.2) is 20.1 Å². The molecule has 0 unspecified atom stereocenters. The monoisotopic (exact) mass is 414 g/mol. The van der Waals surface area contributed by atoms with Crippen molar-refractivity contribution in [2.75, 3.05) is 19.5 Å². The first-order chi connectivity index (χ1) is 11.0. The smallest absolute Gasteiger partial charge is 0.230 e. The number of nitrogens with one attached hydrogen (secondary N) is 1. The van der Waals surface area contributed by atoms with Gasteiger partial charge in [-0.05, 0) is 12.5 Å². The molecule has 24 heavy (non-hydrogen) atoms. The number of rotatable bonds is 6. The molecule has 1 heterocycles. The molecule has 130 valence electrons. The fourth-order valence-electron chi connectivity index (χ4n) is 2.08. The summed E-state index contributed by atoms with van der Waals surface area (Å²) in [4.78, 5) is 12.2. The number of methoxy groups -OCH3 is 2. The minimum atomic E-state index is -0.110. The van der Waals surface area contributed by atoms with Crippen LogP contribution < -0.4 is 36.3 Å². The van der Waals surface area contributed by atoms with Crippen molar-refractivity contribution in [2.45, 2.75) is 19.9 Å². The van der Waals surface area contributed by atoms with Crippen molar-refractivity contribution in [3.05, 3.63) is 47.2 Å². The first-order valence-corrected chi connectivity index (χ1v) is 7.58. The average molecular weight is 416 g/mol. The average Bonchev–Trinajstić information content (AvgIpc) is 2.55. The third kappa shape index (κ3) is 5.39. The SMILES string of the molecule is COc1cc(NC(=O)CC[n+]2ccc(C)cc2)c(OC)cc1Cl.[Br-]. The standard InChI is InChI=1S/C17H19ClN2O3.BrH/c1-12-4-7-20(8-5-12)9-6-17(21)19-14-11-15(22-2)13(18)10-16(14)23-3;/h4-5,7-8,10-11H,6,9H2,1-3H3;1H. The molecule has 1 N–H and O–H groups in total. The number of hydrogen-bond acceptors (Lipinski definition) is 3. The zero-order valence-electron chi connectivity index (χ0n) is 13.8. The maximum absolute atomic E-state index is 12.2. The molecule has 0 aliphatic carbocycles. The number of hydrogen-bond donors (Lipinski definition) is 1. The van der Waals surface area contributed by atoms with Crippen molar-refractivity contribution >= 4 is 23.2 Å². The molecule has 0 radical (unpaired) electrons. The summed E-state index contributed by atoms with van der Waals surface area (Å²) in [5, 5.41) is 3.26. The topological polar surface area (TPSA) is 51.4 Å². The molecule has 5 nitrogen and oxygen atoms in total. The van der Waals surface area contributed by atoms with Gasteiger partial charge in [0.2, 0.25) is 5.91 Å². The first kappa shape index (κ1) is 20.3. The van der Waals surface area contributed by atoms with Gasteiger partial charge in [0, 0.05) is 24.3 Å². The van der Waals surface area contributed by atoms with Crippen molar-refractivity contribution in [3.8, 4) is 11.5 Å². The van der Waals surface area contributed by atoms with Crippen molar-refractivity contribution in [1.29, 1.82) is 0 Å². The quantitative estimate of drug-likeness (QED) is 0.675. The number of halogens is 2. The second-order valence-corrected chi connectivity index (χ2v) is 5.51. The van der Waals surface area contributed by atoms with Gasteiger partial charge in [0.15, 0.2) is 18.9 Å². The van der Waals surface area contributed by atoms with Crippen LogP contribution in [0.2, 0.25) is 5.02 Å². The van der Waals surface area contributed by atoms with Crippen LogP contribution in [0.3, 0.4) is 0 Å². The van der Waals surface area contributed by atoms with Crippen molar-refractivity contribution in [3.63, 3.8) is 0 Å². The number of amides is 1. The highest BCUT2D eigenvalue weighted by Crippen LogP contribution is 2.35. The van der Waals surface area contributed by atoms with E-state index in [4.69, 9.17) is 21.1 Å². The van der Waals surface area contributed by atoms with E-state index in [1.165, 1.54) is 19.8 Å². The minimum Gasteiger partial charge on any atom is -1.00 e. The largest absolute Gasteiger partial charge is 1.00 e. The molecule has 1 aromatic carbocycles. The van der Waals surface area contributed by atoms with Crippen LogP contribution in [0.15, 0.2) is 36.7 Å². The summed E-state index contributed by atoms with van der Waals surface area (Å²) in [5.74, 6) is 0.864. The number of ether oxygens (including phenoxy) is 2. The molecule has 0 saturated heterocycles. The summed E-state index contributed by atoms with van der Waals surface area (Å²) < 4.78 is 12.4. The Morgan fingerprint density at radius 3 is 2.38 bits per heavy atom. The third-order valence-corrected chi connectivity index (χ3v) is 3.70. The number of benzene rings is 1. The maximum atomic E-state index is 12.2. The molecule has 0 aliphatic rings.